The second-order valence-electron chi connectivity index (χ2n) is 2.58. The van der Waals surface area contributed by atoms with E-state index in [1.807, 2.05) is 6.08 Å². The van der Waals surface area contributed by atoms with Gasteiger partial charge in [0.1, 0.15) is 0 Å². The smallest absolute Gasteiger partial charge is 0.0885 e. The highest BCUT2D eigenvalue weighted by Crippen LogP contribution is 2.20. The lowest BCUT2D eigenvalue weighted by Gasteiger charge is -2.13. The maximum atomic E-state index is 8.94. The number of hydrogen-bond acceptors (Lipinski definition) is 1. The van der Waals surface area contributed by atoms with Crippen LogP contribution in [0.25, 0.3) is 0 Å². The number of rotatable bonds is 0. The Morgan fingerprint density at radius 2 is 2.50 bits per heavy atom. The van der Waals surface area contributed by atoms with Crippen LogP contribution >= 0.6 is 0 Å². The quantitative estimate of drug-likeness (QED) is 0.509. The molecule has 46 valence electrons. The van der Waals surface area contributed by atoms with Crippen LogP contribution in [0, 0.1) is 5.92 Å². The molecule has 1 aliphatic rings. The average Bonchev–Trinajstić information content (AvgIpc) is 1.64. The number of aliphatic hydroxyl groups is 1. The van der Waals surface area contributed by atoms with Crippen molar-refractivity contribution in [1.29, 1.82) is 0 Å². The van der Waals surface area contributed by atoms with Crippen LogP contribution in [-0.4, -0.2) is 5.11 Å². The second-order valence-corrected chi connectivity index (χ2v) is 2.58. The fourth-order valence-corrected chi connectivity index (χ4v) is 1.08. The van der Waals surface area contributed by atoms with Crippen molar-refractivity contribution in [2.45, 2.75) is 26.2 Å². The third kappa shape index (κ3) is 1.25. The standard InChI is InChI=1S/C7H12O/c1-6-3-2-4-7(8)5-6/h4,6,8H,2-3,5H2,1H3/t6-/m1/s1. The largest absolute Gasteiger partial charge is 0.513 e. The maximum absolute atomic E-state index is 8.94. The molecule has 1 nitrogen and oxygen atoms in total. The summed E-state index contributed by atoms with van der Waals surface area (Å²) in [6, 6.07) is 0. The van der Waals surface area contributed by atoms with E-state index in [1.165, 1.54) is 6.42 Å². The van der Waals surface area contributed by atoms with Crippen LogP contribution in [0.5, 0.6) is 0 Å². The molecule has 0 heterocycles. The zero-order valence-electron chi connectivity index (χ0n) is 5.22. The lowest BCUT2D eigenvalue weighted by atomic mass is 9.95. The van der Waals surface area contributed by atoms with E-state index in [-0.39, 0.29) is 0 Å². The van der Waals surface area contributed by atoms with Crippen molar-refractivity contribution in [3.63, 3.8) is 0 Å². The van der Waals surface area contributed by atoms with Crippen LogP contribution in [0.15, 0.2) is 11.8 Å². The van der Waals surface area contributed by atoms with Gasteiger partial charge in [0.05, 0.1) is 5.76 Å². The first kappa shape index (κ1) is 5.67. The third-order valence-corrected chi connectivity index (χ3v) is 1.60. The molecule has 0 saturated heterocycles. The van der Waals surface area contributed by atoms with Crippen molar-refractivity contribution in [2.75, 3.05) is 0 Å². The molecule has 0 unspecified atom stereocenters. The van der Waals surface area contributed by atoms with Gasteiger partial charge in [0.2, 0.25) is 0 Å². The summed E-state index contributed by atoms with van der Waals surface area (Å²) in [6.07, 6.45) is 5.11. The van der Waals surface area contributed by atoms with E-state index >= 15 is 0 Å². The molecule has 1 rings (SSSR count). The van der Waals surface area contributed by atoms with Crippen molar-refractivity contribution >= 4 is 0 Å². The lowest BCUT2D eigenvalue weighted by molar-refractivity contribution is 0.332. The van der Waals surface area contributed by atoms with Crippen LogP contribution in [0.4, 0.5) is 0 Å². The molecule has 0 spiro atoms. The second kappa shape index (κ2) is 2.21. The van der Waals surface area contributed by atoms with Gasteiger partial charge in [-0.05, 0) is 24.8 Å². The first-order valence-electron chi connectivity index (χ1n) is 3.17. The van der Waals surface area contributed by atoms with Gasteiger partial charge in [-0.3, -0.25) is 0 Å². The summed E-state index contributed by atoms with van der Waals surface area (Å²) in [4.78, 5) is 0. The van der Waals surface area contributed by atoms with Gasteiger partial charge in [-0.1, -0.05) is 6.92 Å². The van der Waals surface area contributed by atoms with Crippen molar-refractivity contribution in [1.82, 2.24) is 0 Å². The van der Waals surface area contributed by atoms with Crippen molar-refractivity contribution in [2.24, 2.45) is 5.92 Å². The van der Waals surface area contributed by atoms with Crippen molar-refractivity contribution < 1.29 is 5.11 Å². The van der Waals surface area contributed by atoms with E-state index < -0.39 is 0 Å². The van der Waals surface area contributed by atoms with E-state index in [9.17, 15) is 0 Å². The highest BCUT2D eigenvalue weighted by atomic mass is 16.3. The zero-order chi connectivity index (χ0) is 5.98. The van der Waals surface area contributed by atoms with Crippen LogP contribution in [0.3, 0.4) is 0 Å². The number of allylic oxidation sites excluding steroid dienone is 2. The number of hydrogen-bond donors (Lipinski definition) is 1. The minimum atomic E-state index is 0.587. The van der Waals surface area contributed by atoms with Crippen molar-refractivity contribution in [3.05, 3.63) is 11.8 Å². The minimum Gasteiger partial charge on any atom is -0.513 e. The number of aliphatic hydroxyl groups excluding tert-OH is 1. The zero-order valence-corrected chi connectivity index (χ0v) is 5.22. The minimum absolute atomic E-state index is 0.587. The van der Waals surface area contributed by atoms with Gasteiger partial charge in [-0.15, -0.1) is 0 Å². The molecule has 8 heavy (non-hydrogen) atoms. The Bertz CT molecular complexity index is 105. The van der Waals surface area contributed by atoms with Gasteiger partial charge in [0.25, 0.3) is 0 Å². The highest BCUT2D eigenvalue weighted by molar-refractivity contribution is 4.96. The predicted molar refractivity (Wildman–Crippen MR) is 33.7 cm³/mol. The molecule has 0 aromatic rings. The van der Waals surface area contributed by atoms with Crippen molar-refractivity contribution in [3.8, 4) is 0 Å². The van der Waals surface area contributed by atoms with E-state index in [2.05, 4.69) is 6.92 Å². The summed E-state index contributed by atoms with van der Waals surface area (Å²) >= 11 is 0. The summed E-state index contributed by atoms with van der Waals surface area (Å²) in [7, 11) is 0. The van der Waals surface area contributed by atoms with Gasteiger partial charge < -0.3 is 5.11 Å². The maximum Gasteiger partial charge on any atom is 0.0885 e. The Labute approximate surface area is 50.0 Å². The van der Waals surface area contributed by atoms with Gasteiger partial charge in [-0.2, -0.15) is 0 Å². The molecule has 0 aromatic heterocycles. The van der Waals surface area contributed by atoms with E-state index in [1.54, 1.807) is 0 Å². The summed E-state index contributed by atoms with van der Waals surface area (Å²) in [5, 5.41) is 8.94. The monoisotopic (exact) mass is 112 g/mol. The van der Waals surface area contributed by atoms with Crippen LogP contribution in [0.2, 0.25) is 0 Å². The average molecular weight is 112 g/mol. The topological polar surface area (TPSA) is 20.2 Å². The molecule has 0 amide bonds. The fourth-order valence-electron chi connectivity index (χ4n) is 1.08. The summed E-state index contributed by atoms with van der Waals surface area (Å²) in [6.45, 7) is 2.17. The Hall–Kier alpha value is -0.460. The normalized spacial score (nSPS) is 29.6. The lowest BCUT2D eigenvalue weighted by Crippen LogP contribution is -2.01. The van der Waals surface area contributed by atoms with Crippen LogP contribution in [0.1, 0.15) is 26.2 Å². The first-order chi connectivity index (χ1) is 3.79. The molecule has 0 fully saturated rings. The molecular weight excluding hydrogens is 100 g/mol. The predicted octanol–water partition coefficient (Wildman–Crippen LogP) is 2.25. The Kier molecular flexibility index (Phi) is 1.56. The molecule has 0 aromatic carbocycles. The van der Waals surface area contributed by atoms with E-state index in [0.29, 0.717) is 11.7 Å². The van der Waals surface area contributed by atoms with Crippen LogP contribution < -0.4 is 0 Å². The molecule has 1 atom stereocenters. The van der Waals surface area contributed by atoms with E-state index in [0.717, 1.165) is 12.8 Å². The first-order valence-corrected chi connectivity index (χ1v) is 3.17. The summed E-state index contributed by atoms with van der Waals surface area (Å²) < 4.78 is 0. The highest BCUT2D eigenvalue weighted by Gasteiger charge is 2.08. The molecule has 0 saturated carbocycles. The molecule has 0 radical (unpaired) electrons. The molecule has 0 bridgehead atoms. The SMILES string of the molecule is C[C@@H]1CCC=C(O)C1. The molecule has 1 heteroatoms. The van der Waals surface area contributed by atoms with Gasteiger partial charge in [0.15, 0.2) is 0 Å². The Balaban J connectivity index is 2.45. The van der Waals surface area contributed by atoms with Gasteiger partial charge in [0, 0.05) is 6.42 Å². The molecule has 0 aliphatic heterocycles. The molecular formula is C7H12O. The fraction of sp³-hybridized carbons (Fsp3) is 0.714. The molecule has 1 N–H and O–H groups in total. The Morgan fingerprint density at radius 1 is 1.75 bits per heavy atom. The van der Waals surface area contributed by atoms with Gasteiger partial charge in [-0.25, -0.2) is 0 Å². The van der Waals surface area contributed by atoms with Crippen LogP contribution in [-0.2, 0) is 0 Å². The van der Waals surface area contributed by atoms with E-state index in [4.69, 9.17) is 5.11 Å². The Morgan fingerprint density at radius 3 is 2.88 bits per heavy atom. The van der Waals surface area contributed by atoms with Gasteiger partial charge >= 0.3 is 0 Å². The molecule has 1 aliphatic carbocycles. The summed E-state index contributed by atoms with van der Waals surface area (Å²) in [5.41, 5.74) is 0. The third-order valence-electron chi connectivity index (χ3n) is 1.60. The summed E-state index contributed by atoms with van der Waals surface area (Å²) in [5.74, 6) is 1.28.